The van der Waals surface area contributed by atoms with Crippen LogP contribution < -0.4 is 0 Å². The van der Waals surface area contributed by atoms with Crippen molar-refractivity contribution in [3.05, 3.63) is 48.0 Å². The zero-order valence-electron chi connectivity index (χ0n) is 12.8. The third-order valence-electron chi connectivity index (χ3n) is 4.68. The standard InChI is InChI=1S/C19H25NO/c1-2-6-15-11-12-20(13-15)14-19(21)18-10-5-8-16-7-3-4-9-17(16)18/h3-5,7-10,15,19,21H,2,6,11-14H2,1H3. The van der Waals surface area contributed by atoms with Crippen LogP contribution in [-0.4, -0.2) is 29.6 Å². The van der Waals surface area contributed by atoms with Crippen LogP contribution in [0.15, 0.2) is 42.5 Å². The molecule has 1 fully saturated rings. The molecular weight excluding hydrogens is 258 g/mol. The maximum absolute atomic E-state index is 10.7. The van der Waals surface area contributed by atoms with Gasteiger partial charge in [-0.15, -0.1) is 0 Å². The van der Waals surface area contributed by atoms with Gasteiger partial charge in [-0.1, -0.05) is 55.8 Å². The molecule has 2 heteroatoms. The minimum atomic E-state index is -0.392. The molecule has 2 atom stereocenters. The monoisotopic (exact) mass is 283 g/mol. The predicted molar refractivity (Wildman–Crippen MR) is 88.4 cm³/mol. The molecule has 0 saturated carbocycles. The molecule has 0 radical (unpaired) electrons. The Labute approximate surface area is 127 Å². The molecule has 2 unspecified atom stereocenters. The van der Waals surface area contributed by atoms with Crippen LogP contribution in [0, 0.1) is 5.92 Å². The highest BCUT2D eigenvalue weighted by atomic mass is 16.3. The van der Waals surface area contributed by atoms with Gasteiger partial charge in [0.15, 0.2) is 0 Å². The van der Waals surface area contributed by atoms with Crippen LogP contribution in [0.3, 0.4) is 0 Å². The highest BCUT2D eigenvalue weighted by molar-refractivity contribution is 5.85. The first-order valence-electron chi connectivity index (χ1n) is 8.16. The normalized spacial score (nSPS) is 21.0. The summed E-state index contributed by atoms with van der Waals surface area (Å²) >= 11 is 0. The molecule has 2 nitrogen and oxygen atoms in total. The van der Waals surface area contributed by atoms with Crippen molar-refractivity contribution in [1.82, 2.24) is 4.90 Å². The van der Waals surface area contributed by atoms with Crippen molar-refractivity contribution in [2.45, 2.75) is 32.3 Å². The minimum absolute atomic E-state index is 0.392. The number of aliphatic hydroxyl groups is 1. The highest BCUT2D eigenvalue weighted by Crippen LogP contribution is 2.27. The Balaban J connectivity index is 1.71. The van der Waals surface area contributed by atoms with Gasteiger partial charge in [-0.25, -0.2) is 0 Å². The zero-order chi connectivity index (χ0) is 14.7. The molecule has 112 valence electrons. The van der Waals surface area contributed by atoms with Gasteiger partial charge in [-0.2, -0.15) is 0 Å². The van der Waals surface area contributed by atoms with E-state index >= 15 is 0 Å². The first-order chi connectivity index (χ1) is 10.3. The second kappa shape index (κ2) is 6.59. The van der Waals surface area contributed by atoms with Crippen LogP contribution in [0.5, 0.6) is 0 Å². The van der Waals surface area contributed by atoms with Gasteiger partial charge in [0.25, 0.3) is 0 Å². The Morgan fingerprint density at radius 2 is 2.00 bits per heavy atom. The van der Waals surface area contributed by atoms with Gasteiger partial charge in [0, 0.05) is 13.1 Å². The van der Waals surface area contributed by atoms with Gasteiger partial charge in [0.1, 0.15) is 0 Å². The summed E-state index contributed by atoms with van der Waals surface area (Å²) in [6, 6.07) is 14.5. The highest BCUT2D eigenvalue weighted by Gasteiger charge is 2.24. The van der Waals surface area contributed by atoms with Crippen molar-refractivity contribution in [1.29, 1.82) is 0 Å². The number of rotatable bonds is 5. The van der Waals surface area contributed by atoms with Crippen molar-refractivity contribution >= 4 is 10.8 Å². The fraction of sp³-hybridized carbons (Fsp3) is 0.474. The van der Waals surface area contributed by atoms with E-state index < -0.39 is 6.10 Å². The third kappa shape index (κ3) is 3.28. The maximum atomic E-state index is 10.7. The van der Waals surface area contributed by atoms with E-state index in [1.807, 2.05) is 18.2 Å². The van der Waals surface area contributed by atoms with E-state index in [1.165, 1.54) is 30.0 Å². The Morgan fingerprint density at radius 1 is 1.19 bits per heavy atom. The molecule has 2 aromatic rings. The largest absolute Gasteiger partial charge is 0.387 e. The topological polar surface area (TPSA) is 23.5 Å². The summed E-state index contributed by atoms with van der Waals surface area (Å²) in [4.78, 5) is 2.42. The summed E-state index contributed by atoms with van der Waals surface area (Å²) in [5, 5.41) is 13.0. The van der Waals surface area contributed by atoms with E-state index in [0.717, 1.165) is 31.1 Å². The Hall–Kier alpha value is -1.38. The first-order valence-corrected chi connectivity index (χ1v) is 8.16. The van der Waals surface area contributed by atoms with Crippen molar-refractivity contribution in [2.75, 3.05) is 19.6 Å². The summed E-state index contributed by atoms with van der Waals surface area (Å²) < 4.78 is 0. The van der Waals surface area contributed by atoms with E-state index in [2.05, 4.69) is 36.1 Å². The molecule has 0 aliphatic carbocycles. The molecule has 2 aromatic carbocycles. The van der Waals surface area contributed by atoms with E-state index in [0.29, 0.717) is 0 Å². The number of aliphatic hydroxyl groups excluding tert-OH is 1. The number of β-amino-alcohol motifs (C(OH)–C–C–N with tert-alkyl or cyclic N) is 1. The minimum Gasteiger partial charge on any atom is -0.387 e. The van der Waals surface area contributed by atoms with Crippen molar-refractivity contribution < 1.29 is 5.11 Å². The molecule has 0 aromatic heterocycles. The van der Waals surface area contributed by atoms with E-state index in [-0.39, 0.29) is 0 Å². The molecule has 1 aliphatic heterocycles. The first kappa shape index (κ1) is 14.6. The van der Waals surface area contributed by atoms with E-state index in [9.17, 15) is 5.11 Å². The lowest BCUT2D eigenvalue weighted by molar-refractivity contribution is 0.125. The van der Waals surface area contributed by atoms with Gasteiger partial charge in [-0.3, -0.25) is 0 Å². The van der Waals surface area contributed by atoms with Crippen LogP contribution in [0.4, 0.5) is 0 Å². The summed E-state index contributed by atoms with van der Waals surface area (Å²) in [6.45, 7) is 5.30. The number of benzene rings is 2. The average Bonchev–Trinajstić information content (AvgIpc) is 2.94. The Morgan fingerprint density at radius 3 is 2.86 bits per heavy atom. The van der Waals surface area contributed by atoms with Gasteiger partial charge in [-0.05, 0) is 41.6 Å². The van der Waals surface area contributed by atoms with Gasteiger partial charge in [0.05, 0.1) is 6.10 Å². The van der Waals surface area contributed by atoms with E-state index in [1.54, 1.807) is 0 Å². The number of hydrogen-bond donors (Lipinski definition) is 1. The molecule has 21 heavy (non-hydrogen) atoms. The van der Waals surface area contributed by atoms with Crippen LogP contribution in [0.25, 0.3) is 10.8 Å². The van der Waals surface area contributed by atoms with Crippen LogP contribution in [0.1, 0.15) is 37.9 Å². The SMILES string of the molecule is CCCC1CCN(CC(O)c2cccc3ccccc23)C1. The molecular formula is C19H25NO. The number of hydrogen-bond acceptors (Lipinski definition) is 2. The Bertz CT molecular complexity index is 590. The maximum Gasteiger partial charge on any atom is 0.0922 e. The lowest BCUT2D eigenvalue weighted by atomic mass is 10.00. The molecule has 1 N–H and O–H groups in total. The summed E-state index contributed by atoms with van der Waals surface area (Å²) in [7, 11) is 0. The summed E-state index contributed by atoms with van der Waals surface area (Å²) in [6.07, 6.45) is 3.48. The van der Waals surface area contributed by atoms with Crippen molar-refractivity contribution in [3.8, 4) is 0 Å². The second-order valence-electron chi connectivity index (χ2n) is 6.29. The van der Waals surface area contributed by atoms with Gasteiger partial charge in [0.2, 0.25) is 0 Å². The number of nitrogens with zero attached hydrogens (tertiary/aromatic N) is 1. The van der Waals surface area contributed by atoms with Gasteiger partial charge < -0.3 is 10.0 Å². The van der Waals surface area contributed by atoms with Crippen LogP contribution in [0.2, 0.25) is 0 Å². The lowest BCUT2D eigenvalue weighted by Crippen LogP contribution is -2.26. The van der Waals surface area contributed by atoms with Crippen LogP contribution >= 0.6 is 0 Å². The fourth-order valence-electron chi connectivity index (χ4n) is 3.61. The molecule has 3 rings (SSSR count). The molecule has 1 saturated heterocycles. The Kier molecular flexibility index (Phi) is 4.57. The van der Waals surface area contributed by atoms with Crippen molar-refractivity contribution in [2.24, 2.45) is 5.92 Å². The van der Waals surface area contributed by atoms with Gasteiger partial charge >= 0.3 is 0 Å². The zero-order valence-corrected chi connectivity index (χ0v) is 12.8. The summed E-state index contributed by atoms with van der Waals surface area (Å²) in [5.74, 6) is 0.828. The second-order valence-corrected chi connectivity index (χ2v) is 6.29. The number of fused-ring (bicyclic) bond motifs is 1. The van der Waals surface area contributed by atoms with Crippen molar-refractivity contribution in [3.63, 3.8) is 0 Å². The van der Waals surface area contributed by atoms with E-state index in [4.69, 9.17) is 0 Å². The smallest absolute Gasteiger partial charge is 0.0922 e. The molecule has 0 spiro atoms. The molecule has 1 aliphatic rings. The third-order valence-corrected chi connectivity index (χ3v) is 4.68. The average molecular weight is 283 g/mol. The number of likely N-dealkylation sites (tertiary alicyclic amines) is 1. The lowest BCUT2D eigenvalue weighted by Gasteiger charge is -2.21. The fourth-order valence-corrected chi connectivity index (χ4v) is 3.61. The molecule has 1 heterocycles. The summed E-state index contributed by atoms with van der Waals surface area (Å²) in [5.41, 5.74) is 1.06. The quantitative estimate of drug-likeness (QED) is 0.896. The predicted octanol–water partition coefficient (Wildman–Crippen LogP) is 4.00. The molecule has 0 bridgehead atoms. The molecule has 0 amide bonds. The van der Waals surface area contributed by atoms with Crippen LogP contribution in [-0.2, 0) is 0 Å².